The van der Waals surface area contributed by atoms with Gasteiger partial charge < -0.3 is 5.32 Å². The number of nitrogens with zero attached hydrogens (tertiary/aromatic N) is 1. The zero-order chi connectivity index (χ0) is 13.5. The molecule has 1 unspecified atom stereocenters. The Bertz CT molecular complexity index is 375. The lowest BCUT2D eigenvalue weighted by molar-refractivity contribution is 0.186. The number of likely N-dealkylation sites (tertiary alicyclic amines) is 1. The molecular weight excluding hydrogens is 232 g/mol. The van der Waals surface area contributed by atoms with Crippen LogP contribution in [0.25, 0.3) is 0 Å². The van der Waals surface area contributed by atoms with Crippen molar-refractivity contribution in [3.8, 4) is 0 Å². The van der Waals surface area contributed by atoms with Crippen LogP contribution in [-0.2, 0) is 13.1 Å². The smallest absolute Gasteiger partial charge is 0.0236 e. The van der Waals surface area contributed by atoms with Crippen LogP contribution in [0.1, 0.15) is 50.2 Å². The lowest BCUT2D eigenvalue weighted by atomic mass is 10.1. The highest BCUT2D eigenvalue weighted by Crippen LogP contribution is 2.21. The van der Waals surface area contributed by atoms with Gasteiger partial charge in [-0.05, 0) is 44.0 Å². The highest BCUT2D eigenvalue weighted by atomic mass is 15.2. The Kier molecular flexibility index (Phi) is 5.87. The molecule has 0 aliphatic carbocycles. The summed E-state index contributed by atoms with van der Waals surface area (Å²) >= 11 is 0. The van der Waals surface area contributed by atoms with Gasteiger partial charge in [0.1, 0.15) is 0 Å². The molecule has 1 aliphatic rings. The minimum Gasteiger partial charge on any atom is -0.316 e. The van der Waals surface area contributed by atoms with Gasteiger partial charge in [-0.2, -0.15) is 0 Å². The zero-order valence-electron chi connectivity index (χ0n) is 12.5. The molecule has 0 radical (unpaired) electrons. The molecule has 2 rings (SSSR count). The van der Waals surface area contributed by atoms with Gasteiger partial charge in [0.25, 0.3) is 0 Å². The van der Waals surface area contributed by atoms with Crippen molar-refractivity contribution >= 4 is 0 Å². The van der Waals surface area contributed by atoms with Gasteiger partial charge in [-0.3, -0.25) is 4.90 Å². The summed E-state index contributed by atoms with van der Waals surface area (Å²) in [5.41, 5.74) is 2.86. The summed E-state index contributed by atoms with van der Waals surface area (Å²) in [6.45, 7) is 5.69. The first kappa shape index (κ1) is 14.5. The largest absolute Gasteiger partial charge is 0.316 e. The van der Waals surface area contributed by atoms with Gasteiger partial charge in [0, 0.05) is 19.1 Å². The van der Waals surface area contributed by atoms with Crippen molar-refractivity contribution in [2.75, 3.05) is 13.6 Å². The summed E-state index contributed by atoms with van der Waals surface area (Å²) in [5.74, 6) is 0. The van der Waals surface area contributed by atoms with E-state index in [4.69, 9.17) is 0 Å². The highest BCUT2D eigenvalue weighted by Gasteiger charge is 2.19. The van der Waals surface area contributed by atoms with Gasteiger partial charge in [0.05, 0.1) is 0 Å². The monoisotopic (exact) mass is 260 g/mol. The summed E-state index contributed by atoms with van der Waals surface area (Å²) in [7, 11) is 2.01. The third kappa shape index (κ3) is 4.32. The summed E-state index contributed by atoms with van der Waals surface area (Å²) in [4.78, 5) is 2.70. The third-order valence-electron chi connectivity index (χ3n) is 4.23. The van der Waals surface area contributed by atoms with Crippen LogP contribution in [0.15, 0.2) is 24.3 Å². The quantitative estimate of drug-likeness (QED) is 0.871. The molecule has 0 aromatic heterocycles. The standard InChI is InChI=1S/C17H28N2/c1-3-17-10-5-4-6-11-19(17)14-16-9-7-8-15(12-16)13-18-2/h7-9,12,17-18H,3-6,10-11,13-14H2,1-2H3. The van der Waals surface area contributed by atoms with Gasteiger partial charge in [0.2, 0.25) is 0 Å². The van der Waals surface area contributed by atoms with E-state index in [0.29, 0.717) is 0 Å². The predicted octanol–water partition coefficient (Wildman–Crippen LogP) is 3.56. The van der Waals surface area contributed by atoms with E-state index in [9.17, 15) is 0 Å². The Morgan fingerprint density at radius 1 is 1.21 bits per heavy atom. The topological polar surface area (TPSA) is 15.3 Å². The minimum absolute atomic E-state index is 0.787. The van der Waals surface area contributed by atoms with Gasteiger partial charge >= 0.3 is 0 Å². The third-order valence-corrected chi connectivity index (χ3v) is 4.23. The maximum absolute atomic E-state index is 3.23. The van der Waals surface area contributed by atoms with E-state index in [1.807, 2.05) is 7.05 Å². The van der Waals surface area contributed by atoms with Crippen molar-refractivity contribution in [1.29, 1.82) is 0 Å². The lowest BCUT2D eigenvalue weighted by Crippen LogP contribution is -2.33. The predicted molar refractivity (Wildman–Crippen MR) is 82.2 cm³/mol. The number of benzene rings is 1. The fourth-order valence-corrected chi connectivity index (χ4v) is 3.18. The van der Waals surface area contributed by atoms with Crippen LogP contribution in [0.2, 0.25) is 0 Å². The maximum atomic E-state index is 3.23. The Balaban J connectivity index is 2.03. The highest BCUT2D eigenvalue weighted by molar-refractivity contribution is 5.23. The first-order valence-corrected chi connectivity index (χ1v) is 7.80. The molecule has 19 heavy (non-hydrogen) atoms. The second kappa shape index (κ2) is 7.66. The molecule has 1 aliphatic heterocycles. The minimum atomic E-state index is 0.787. The molecule has 1 fully saturated rings. The molecule has 1 N–H and O–H groups in total. The zero-order valence-corrected chi connectivity index (χ0v) is 12.5. The van der Waals surface area contributed by atoms with E-state index in [-0.39, 0.29) is 0 Å². The molecule has 2 nitrogen and oxygen atoms in total. The van der Waals surface area contributed by atoms with Crippen molar-refractivity contribution in [2.24, 2.45) is 0 Å². The molecule has 0 saturated carbocycles. The lowest BCUT2D eigenvalue weighted by Gasteiger charge is -2.29. The maximum Gasteiger partial charge on any atom is 0.0236 e. The van der Waals surface area contributed by atoms with Crippen LogP contribution >= 0.6 is 0 Å². The van der Waals surface area contributed by atoms with E-state index in [1.165, 1.54) is 49.8 Å². The molecule has 2 heteroatoms. The van der Waals surface area contributed by atoms with Gasteiger partial charge in [-0.15, -0.1) is 0 Å². The van der Waals surface area contributed by atoms with Crippen LogP contribution in [0, 0.1) is 0 Å². The van der Waals surface area contributed by atoms with E-state index in [1.54, 1.807) is 0 Å². The Morgan fingerprint density at radius 2 is 2.05 bits per heavy atom. The van der Waals surface area contributed by atoms with E-state index in [0.717, 1.165) is 19.1 Å². The Labute approximate surface area is 118 Å². The van der Waals surface area contributed by atoms with Crippen LogP contribution in [-0.4, -0.2) is 24.5 Å². The Morgan fingerprint density at radius 3 is 2.84 bits per heavy atom. The molecule has 1 aromatic carbocycles. The van der Waals surface area contributed by atoms with E-state index >= 15 is 0 Å². The van der Waals surface area contributed by atoms with Crippen LogP contribution in [0.3, 0.4) is 0 Å². The fourth-order valence-electron chi connectivity index (χ4n) is 3.18. The average molecular weight is 260 g/mol. The number of hydrogen-bond donors (Lipinski definition) is 1. The molecule has 0 bridgehead atoms. The van der Waals surface area contributed by atoms with Gasteiger partial charge in [-0.25, -0.2) is 0 Å². The molecule has 1 aromatic rings. The molecule has 0 amide bonds. The first-order valence-electron chi connectivity index (χ1n) is 7.80. The van der Waals surface area contributed by atoms with Gasteiger partial charge in [-0.1, -0.05) is 44.0 Å². The second-order valence-corrected chi connectivity index (χ2v) is 5.73. The molecular formula is C17H28N2. The number of rotatable bonds is 5. The van der Waals surface area contributed by atoms with Crippen LogP contribution < -0.4 is 5.32 Å². The van der Waals surface area contributed by atoms with Crippen molar-refractivity contribution in [1.82, 2.24) is 10.2 Å². The van der Waals surface area contributed by atoms with Crippen LogP contribution in [0.4, 0.5) is 0 Å². The Hall–Kier alpha value is -0.860. The fraction of sp³-hybridized carbons (Fsp3) is 0.647. The average Bonchev–Trinajstić information content (AvgIpc) is 2.64. The van der Waals surface area contributed by atoms with Crippen molar-refractivity contribution in [3.63, 3.8) is 0 Å². The van der Waals surface area contributed by atoms with Crippen molar-refractivity contribution in [2.45, 2.75) is 58.2 Å². The molecule has 1 atom stereocenters. The second-order valence-electron chi connectivity index (χ2n) is 5.73. The summed E-state index contributed by atoms with van der Waals surface area (Å²) < 4.78 is 0. The summed E-state index contributed by atoms with van der Waals surface area (Å²) in [6, 6.07) is 9.82. The van der Waals surface area contributed by atoms with Gasteiger partial charge in [0.15, 0.2) is 0 Å². The summed E-state index contributed by atoms with van der Waals surface area (Å²) in [5, 5.41) is 3.23. The molecule has 0 spiro atoms. The molecule has 1 saturated heterocycles. The van der Waals surface area contributed by atoms with Crippen molar-refractivity contribution < 1.29 is 0 Å². The van der Waals surface area contributed by atoms with E-state index in [2.05, 4.69) is 41.4 Å². The van der Waals surface area contributed by atoms with Crippen LogP contribution in [0.5, 0.6) is 0 Å². The first-order chi connectivity index (χ1) is 9.33. The van der Waals surface area contributed by atoms with E-state index < -0.39 is 0 Å². The summed E-state index contributed by atoms with van der Waals surface area (Å²) in [6.07, 6.45) is 6.86. The normalized spacial score (nSPS) is 21.3. The van der Waals surface area contributed by atoms with Crippen molar-refractivity contribution in [3.05, 3.63) is 35.4 Å². The molecule has 1 heterocycles. The number of hydrogen-bond acceptors (Lipinski definition) is 2. The SMILES string of the molecule is CCC1CCCCCN1Cc1cccc(CNC)c1. The number of nitrogens with one attached hydrogen (secondary N) is 1. The molecule has 106 valence electrons.